The highest BCUT2D eigenvalue weighted by Gasteiger charge is 2.17. The molecule has 0 aliphatic carbocycles. The molecule has 0 saturated heterocycles. The van der Waals surface area contributed by atoms with E-state index in [1.165, 1.54) is 24.0 Å². The molecule has 1 unspecified atom stereocenters. The molecule has 0 bridgehead atoms. The van der Waals surface area contributed by atoms with Crippen molar-refractivity contribution < 1.29 is 13.2 Å². The predicted molar refractivity (Wildman–Crippen MR) is 103 cm³/mol. The van der Waals surface area contributed by atoms with Crippen LogP contribution in [0.1, 0.15) is 36.1 Å². The van der Waals surface area contributed by atoms with Gasteiger partial charge in [0.15, 0.2) is 0 Å². The van der Waals surface area contributed by atoms with Gasteiger partial charge in [-0.3, -0.25) is 4.79 Å². The second-order valence-electron chi connectivity index (χ2n) is 6.63. The number of carbonyl (C=O) groups excluding carboxylic acids is 1. The van der Waals surface area contributed by atoms with Gasteiger partial charge in [0, 0.05) is 20.5 Å². The van der Waals surface area contributed by atoms with Gasteiger partial charge in [-0.2, -0.15) is 0 Å². The maximum Gasteiger partial charge on any atom is 0.242 e. The Morgan fingerprint density at radius 1 is 1.04 bits per heavy atom. The summed E-state index contributed by atoms with van der Waals surface area (Å²) in [4.78, 5) is 12.4. The number of hydrogen-bond donors (Lipinski definition) is 1. The van der Waals surface area contributed by atoms with Crippen LogP contribution in [0.4, 0.5) is 0 Å². The lowest BCUT2D eigenvalue weighted by Gasteiger charge is -2.16. The van der Waals surface area contributed by atoms with Gasteiger partial charge in [0.25, 0.3) is 0 Å². The Morgan fingerprint density at radius 2 is 1.62 bits per heavy atom. The van der Waals surface area contributed by atoms with Crippen molar-refractivity contribution in [3.8, 4) is 0 Å². The highest BCUT2D eigenvalue weighted by molar-refractivity contribution is 7.89. The molecule has 26 heavy (non-hydrogen) atoms. The topological polar surface area (TPSA) is 66.5 Å². The van der Waals surface area contributed by atoms with Gasteiger partial charge in [0.05, 0.1) is 10.9 Å². The van der Waals surface area contributed by atoms with Gasteiger partial charge in [-0.05, 0) is 43.5 Å². The summed E-state index contributed by atoms with van der Waals surface area (Å²) in [5.41, 5.74) is 3.20. The summed E-state index contributed by atoms with van der Waals surface area (Å²) in [5, 5.41) is 2.96. The zero-order valence-corrected chi connectivity index (χ0v) is 16.5. The van der Waals surface area contributed by atoms with Crippen LogP contribution in [0.5, 0.6) is 0 Å². The van der Waals surface area contributed by atoms with E-state index in [1.54, 1.807) is 24.3 Å². The number of sulfonamides is 1. The summed E-state index contributed by atoms with van der Waals surface area (Å²) in [6.45, 7) is 3.92. The van der Waals surface area contributed by atoms with E-state index in [0.29, 0.717) is 12.8 Å². The van der Waals surface area contributed by atoms with Gasteiger partial charge < -0.3 is 5.32 Å². The molecule has 0 heterocycles. The summed E-state index contributed by atoms with van der Waals surface area (Å²) in [7, 11) is -0.439. The van der Waals surface area contributed by atoms with Crippen molar-refractivity contribution in [1.82, 2.24) is 9.62 Å². The molecule has 1 atom stereocenters. The summed E-state index contributed by atoms with van der Waals surface area (Å²) in [6, 6.07) is 14.6. The molecule has 140 valence electrons. The largest absolute Gasteiger partial charge is 0.350 e. The highest BCUT2D eigenvalue weighted by atomic mass is 32.2. The third-order valence-corrected chi connectivity index (χ3v) is 6.13. The normalized spacial score (nSPS) is 12.8. The van der Waals surface area contributed by atoms with Crippen molar-refractivity contribution in [1.29, 1.82) is 0 Å². The first-order valence-electron chi connectivity index (χ1n) is 8.57. The zero-order chi connectivity index (χ0) is 19.3. The average molecular weight is 375 g/mol. The molecule has 2 rings (SSSR count). The number of rotatable bonds is 7. The van der Waals surface area contributed by atoms with E-state index in [0.717, 1.165) is 11.1 Å². The van der Waals surface area contributed by atoms with Crippen LogP contribution in [-0.4, -0.2) is 32.7 Å². The lowest BCUT2D eigenvalue weighted by molar-refractivity contribution is -0.121. The van der Waals surface area contributed by atoms with Crippen LogP contribution < -0.4 is 5.32 Å². The molecule has 5 nitrogen and oxygen atoms in total. The van der Waals surface area contributed by atoms with E-state index in [9.17, 15) is 13.2 Å². The molecule has 0 aromatic heterocycles. The fourth-order valence-corrected chi connectivity index (χ4v) is 3.45. The number of amides is 1. The number of benzene rings is 2. The van der Waals surface area contributed by atoms with Crippen molar-refractivity contribution >= 4 is 15.9 Å². The quantitative estimate of drug-likeness (QED) is 0.810. The van der Waals surface area contributed by atoms with Crippen LogP contribution in [0, 0.1) is 6.92 Å². The Bertz CT molecular complexity index is 842. The molecule has 0 spiro atoms. The molecular weight excluding hydrogens is 348 g/mol. The molecule has 2 aromatic rings. The molecule has 6 heteroatoms. The van der Waals surface area contributed by atoms with Crippen LogP contribution in [0.25, 0.3) is 0 Å². The third-order valence-electron chi connectivity index (χ3n) is 4.30. The van der Waals surface area contributed by atoms with E-state index in [1.807, 2.05) is 38.1 Å². The Balaban J connectivity index is 1.93. The van der Waals surface area contributed by atoms with Crippen molar-refractivity contribution in [2.45, 2.75) is 37.6 Å². The number of hydrogen-bond acceptors (Lipinski definition) is 3. The second-order valence-corrected chi connectivity index (χ2v) is 8.78. The molecule has 0 saturated carbocycles. The van der Waals surface area contributed by atoms with Crippen molar-refractivity contribution in [2.24, 2.45) is 0 Å². The Kier molecular flexibility index (Phi) is 6.56. The monoisotopic (exact) mass is 374 g/mol. The average Bonchev–Trinajstić information content (AvgIpc) is 2.61. The molecule has 1 amide bonds. The molecule has 0 radical (unpaired) electrons. The minimum absolute atomic E-state index is 0.0249. The summed E-state index contributed by atoms with van der Waals surface area (Å²) in [5.74, 6) is -0.0249. The fraction of sp³-hybridized carbons (Fsp3) is 0.350. The molecule has 0 aliphatic heterocycles. The summed E-state index contributed by atoms with van der Waals surface area (Å²) in [6.07, 6.45) is 1.11. The van der Waals surface area contributed by atoms with Gasteiger partial charge >= 0.3 is 0 Å². The first-order chi connectivity index (χ1) is 12.2. The maximum absolute atomic E-state index is 12.2. The first kappa shape index (κ1) is 20.1. The highest BCUT2D eigenvalue weighted by Crippen LogP contribution is 2.18. The molecule has 1 N–H and O–H groups in total. The van der Waals surface area contributed by atoms with Crippen LogP contribution >= 0.6 is 0 Å². The van der Waals surface area contributed by atoms with Gasteiger partial charge in [-0.15, -0.1) is 0 Å². The summed E-state index contributed by atoms with van der Waals surface area (Å²) < 4.78 is 25.4. The second kappa shape index (κ2) is 8.47. The molecule has 0 aliphatic rings. The van der Waals surface area contributed by atoms with Gasteiger partial charge in [0.1, 0.15) is 0 Å². The van der Waals surface area contributed by atoms with E-state index in [4.69, 9.17) is 0 Å². The van der Waals surface area contributed by atoms with E-state index in [-0.39, 0.29) is 16.8 Å². The number of carbonyl (C=O) groups is 1. The minimum atomic E-state index is -3.44. The zero-order valence-electron chi connectivity index (χ0n) is 15.7. The molecule has 0 fully saturated rings. The fourth-order valence-electron chi connectivity index (χ4n) is 2.55. The lowest BCUT2D eigenvalue weighted by atomic mass is 10.1. The van der Waals surface area contributed by atoms with E-state index >= 15 is 0 Å². The Morgan fingerprint density at radius 3 is 2.15 bits per heavy atom. The number of aryl methyl sites for hydroxylation is 2. The van der Waals surface area contributed by atoms with Crippen LogP contribution in [0.3, 0.4) is 0 Å². The first-order valence-corrected chi connectivity index (χ1v) is 10.0. The van der Waals surface area contributed by atoms with Crippen LogP contribution in [0.2, 0.25) is 0 Å². The van der Waals surface area contributed by atoms with Crippen LogP contribution in [-0.2, 0) is 21.2 Å². The summed E-state index contributed by atoms with van der Waals surface area (Å²) >= 11 is 0. The Labute approximate surface area is 156 Å². The van der Waals surface area contributed by atoms with E-state index in [2.05, 4.69) is 5.32 Å². The predicted octanol–water partition coefficient (Wildman–Crippen LogP) is 3.06. The van der Waals surface area contributed by atoms with Gasteiger partial charge in [-0.1, -0.05) is 42.0 Å². The number of nitrogens with one attached hydrogen (secondary N) is 1. The van der Waals surface area contributed by atoms with E-state index < -0.39 is 10.0 Å². The van der Waals surface area contributed by atoms with Crippen molar-refractivity contribution in [3.05, 3.63) is 65.2 Å². The third kappa shape index (κ3) is 5.16. The van der Waals surface area contributed by atoms with Gasteiger partial charge in [0.2, 0.25) is 15.9 Å². The standard InChI is InChI=1S/C20H26N2O3S/c1-15-5-7-17(8-6-15)9-14-20(23)21-16(2)18-10-12-19(13-11-18)26(24,25)22(3)4/h5-8,10-13,16H,9,14H2,1-4H3,(H,21,23). The molecular formula is C20H26N2O3S. The lowest BCUT2D eigenvalue weighted by Crippen LogP contribution is -2.27. The SMILES string of the molecule is Cc1ccc(CCC(=O)NC(C)c2ccc(S(=O)(=O)N(C)C)cc2)cc1. The number of nitrogens with zero attached hydrogens (tertiary/aromatic N) is 1. The van der Waals surface area contributed by atoms with Gasteiger partial charge in [-0.25, -0.2) is 12.7 Å². The molecule has 2 aromatic carbocycles. The maximum atomic E-state index is 12.2. The smallest absolute Gasteiger partial charge is 0.242 e. The van der Waals surface area contributed by atoms with Crippen molar-refractivity contribution in [3.63, 3.8) is 0 Å². The minimum Gasteiger partial charge on any atom is -0.350 e. The van der Waals surface area contributed by atoms with Crippen molar-refractivity contribution in [2.75, 3.05) is 14.1 Å². The van der Waals surface area contributed by atoms with Crippen LogP contribution in [0.15, 0.2) is 53.4 Å². The Hall–Kier alpha value is -2.18.